The number of fused-ring (bicyclic) bond motifs is 1. The fourth-order valence-corrected chi connectivity index (χ4v) is 3.50. The third-order valence-electron chi connectivity index (χ3n) is 3.55. The van der Waals surface area contributed by atoms with E-state index in [9.17, 15) is 0 Å². The first-order valence-corrected chi connectivity index (χ1v) is 7.91. The Morgan fingerprint density at radius 3 is 2.83 bits per heavy atom. The molecule has 0 bridgehead atoms. The molecule has 0 radical (unpaired) electrons. The second-order valence-corrected chi connectivity index (χ2v) is 5.72. The molecule has 0 aliphatic carbocycles. The van der Waals surface area contributed by atoms with Crippen LogP contribution >= 0.6 is 11.3 Å². The van der Waals surface area contributed by atoms with E-state index in [4.69, 9.17) is 0 Å². The van der Waals surface area contributed by atoms with Crippen molar-refractivity contribution >= 4 is 21.4 Å². The van der Waals surface area contributed by atoms with Gasteiger partial charge in [-0.3, -0.25) is 0 Å². The van der Waals surface area contributed by atoms with Crippen LogP contribution in [-0.4, -0.2) is 12.6 Å². The second-order valence-electron chi connectivity index (χ2n) is 4.81. The van der Waals surface area contributed by atoms with E-state index in [0.29, 0.717) is 6.04 Å². The summed E-state index contributed by atoms with van der Waals surface area (Å²) in [6.45, 7) is 5.54. The maximum Gasteiger partial charge on any atom is 0.0345 e. The zero-order valence-corrected chi connectivity index (χ0v) is 12.2. The third kappa shape index (κ3) is 3.33. The molecule has 0 saturated heterocycles. The molecule has 1 aromatic carbocycles. The zero-order chi connectivity index (χ0) is 12.8. The summed E-state index contributed by atoms with van der Waals surface area (Å²) in [6, 6.07) is 9.44. The number of hydrogen-bond acceptors (Lipinski definition) is 2. The molecule has 1 atom stereocenters. The summed E-state index contributed by atoms with van der Waals surface area (Å²) in [6.07, 6.45) is 5.02. The van der Waals surface area contributed by atoms with Crippen LogP contribution in [-0.2, 0) is 6.42 Å². The predicted octanol–water partition coefficient (Wildman–Crippen LogP) is 4.61. The van der Waals surface area contributed by atoms with Gasteiger partial charge >= 0.3 is 0 Å². The number of nitrogens with one attached hydrogen (secondary N) is 1. The first-order chi connectivity index (χ1) is 8.85. The van der Waals surface area contributed by atoms with Gasteiger partial charge in [-0.25, -0.2) is 0 Å². The Morgan fingerprint density at radius 2 is 2.06 bits per heavy atom. The van der Waals surface area contributed by atoms with Crippen molar-refractivity contribution in [2.45, 2.75) is 45.6 Å². The normalized spacial score (nSPS) is 13.0. The van der Waals surface area contributed by atoms with E-state index >= 15 is 0 Å². The summed E-state index contributed by atoms with van der Waals surface area (Å²) in [5.74, 6) is 0. The number of benzene rings is 1. The van der Waals surface area contributed by atoms with Gasteiger partial charge in [0, 0.05) is 10.7 Å². The van der Waals surface area contributed by atoms with E-state index in [0.717, 1.165) is 6.54 Å². The van der Waals surface area contributed by atoms with Gasteiger partial charge in [0.05, 0.1) is 0 Å². The molecule has 0 amide bonds. The third-order valence-corrected chi connectivity index (χ3v) is 4.56. The second kappa shape index (κ2) is 6.91. The highest BCUT2D eigenvalue weighted by atomic mass is 32.1. The summed E-state index contributed by atoms with van der Waals surface area (Å²) < 4.78 is 1.42. The summed E-state index contributed by atoms with van der Waals surface area (Å²) in [4.78, 5) is 0. The van der Waals surface area contributed by atoms with Crippen LogP contribution < -0.4 is 5.32 Å². The van der Waals surface area contributed by atoms with E-state index in [1.54, 1.807) is 0 Å². The molecular formula is C16H23NS. The van der Waals surface area contributed by atoms with Crippen molar-refractivity contribution in [2.24, 2.45) is 0 Å². The van der Waals surface area contributed by atoms with Crippen LogP contribution in [0, 0.1) is 0 Å². The zero-order valence-electron chi connectivity index (χ0n) is 11.4. The largest absolute Gasteiger partial charge is 0.314 e. The monoisotopic (exact) mass is 261 g/mol. The van der Waals surface area contributed by atoms with E-state index in [2.05, 4.69) is 48.8 Å². The van der Waals surface area contributed by atoms with Gasteiger partial charge in [0.25, 0.3) is 0 Å². The average Bonchev–Trinajstić information content (AvgIpc) is 2.81. The van der Waals surface area contributed by atoms with Crippen LogP contribution in [0.25, 0.3) is 10.1 Å². The van der Waals surface area contributed by atoms with Crippen LogP contribution in [0.1, 0.15) is 38.7 Å². The summed E-state index contributed by atoms with van der Waals surface area (Å²) >= 11 is 1.87. The average molecular weight is 261 g/mol. The molecule has 2 heteroatoms. The summed E-state index contributed by atoms with van der Waals surface area (Å²) in [5, 5.41) is 7.34. The van der Waals surface area contributed by atoms with Gasteiger partial charge in [-0.15, -0.1) is 11.3 Å². The molecule has 0 fully saturated rings. The Kier molecular flexibility index (Phi) is 5.21. The lowest BCUT2D eigenvalue weighted by Gasteiger charge is -2.15. The smallest absolute Gasteiger partial charge is 0.0345 e. The molecule has 1 N–H and O–H groups in total. The molecule has 18 heavy (non-hydrogen) atoms. The molecule has 0 spiro atoms. The topological polar surface area (TPSA) is 12.0 Å². The van der Waals surface area contributed by atoms with E-state index in [-0.39, 0.29) is 0 Å². The number of aryl methyl sites for hydroxylation is 1. The number of rotatable bonds is 7. The Bertz CT molecular complexity index is 475. The Morgan fingerprint density at radius 1 is 1.22 bits per heavy atom. The molecule has 2 rings (SSSR count). The molecule has 1 heterocycles. The Hall–Kier alpha value is -0.860. The minimum atomic E-state index is 0.694. The SMILES string of the molecule is CCNC(CC)CCCc1csc2ccccc12. The van der Waals surface area contributed by atoms with Crippen LogP contribution in [0.5, 0.6) is 0 Å². The Labute approximate surface area is 114 Å². The van der Waals surface area contributed by atoms with Gasteiger partial charge < -0.3 is 5.32 Å². The van der Waals surface area contributed by atoms with Crippen LogP contribution in [0.3, 0.4) is 0 Å². The van der Waals surface area contributed by atoms with Crippen molar-refractivity contribution in [3.63, 3.8) is 0 Å². The van der Waals surface area contributed by atoms with Gasteiger partial charge in [-0.1, -0.05) is 32.0 Å². The van der Waals surface area contributed by atoms with Gasteiger partial charge in [0.15, 0.2) is 0 Å². The van der Waals surface area contributed by atoms with Crippen molar-refractivity contribution in [1.29, 1.82) is 0 Å². The van der Waals surface area contributed by atoms with Crippen LogP contribution in [0.4, 0.5) is 0 Å². The molecular weight excluding hydrogens is 238 g/mol. The van der Waals surface area contributed by atoms with E-state index in [1.165, 1.54) is 41.3 Å². The van der Waals surface area contributed by atoms with Crippen molar-refractivity contribution in [2.75, 3.05) is 6.54 Å². The highest BCUT2D eigenvalue weighted by molar-refractivity contribution is 7.17. The lowest BCUT2D eigenvalue weighted by atomic mass is 10.0. The first kappa shape index (κ1) is 13.6. The quantitative estimate of drug-likeness (QED) is 0.767. The predicted molar refractivity (Wildman–Crippen MR) is 82.5 cm³/mol. The van der Waals surface area contributed by atoms with Crippen LogP contribution in [0.15, 0.2) is 29.6 Å². The van der Waals surface area contributed by atoms with Crippen molar-refractivity contribution in [3.8, 4) is 0 Å². The fraction of sp³-hybridized carbons (Fsp3) is 0.500. The summed E-state index contributed by atoms with van der Waals surface area (Å²) in [5.41, 5.74) is 1.53. The summed E-state index contributed by atoms with van der Waals surface area (Å²) in [7, 11) is 0. The lowest BCUT2D eigenvalue weighted by molar-refractivity contribution is 0.467. The Balaban J connectivity index is 1.90. The number of thiophene rings is 1. The molecule has 0 aliphatic rings. The molecule has 2 aromatic rings. The lowest BCUT2D eigenvalue weighted by Crippen LogP contribution is -2.27. The minimum Gasteiger partial charge on any atom is -0.314 e. The molecule has 1 unspecified atom stereocenters. The van der Waals surface area contributed by atoms with Crippen molar-refractivity contribution in [1.82, 2.24) is 5.32 Å². The van der Waals surface area contributed by atoms with Crippen molar-refractivity contribution < 1.29 is 0 Å². The molecule has 1 nitrogen and oxygen atoms in total. The van der Waals surface area contributed by atoms with E-state index < -0.39 is 0 Å². The highest BCUT2D eigenvalue weighted by Crippen LogP contribution is 2.26. The molecule has 98 valence electrons. The first-order valence-electron chi connectivity index (χ1n) is 7.03. The van der Waals surface area contributed by atoms with Crippen LogP contribution in [0.2, 0.25) is 0 Å². The molecule has 0 aliphatic heterocycles. The maximum absolute atomic E-state index is 3.55. The standard InChI is InChI=1S/C16H23NS/c1-3-14(17-4-2)9-7-8-13-12-18-16-11-6-5-10-15(13)16/h5-6,10-12,14,17H,3-4,7-9H2,1-2H3. The van der Waals surface area contributed by atoms with Gasteiger partial charge in [0.1, 0.15) is 0 Å². The fourth-order valence-electron chi connectivity index (χ4n) is 2.50. The minimum absolute atomic E-state index is 0.694. The van der Waals surface area contributed by atoms with E-state index in [1.807, 2.05) is 11.3 Å². The highest BCUT2D eigenvalue weighted by Gasteiger charge is 2.06. The maximum atomic E-state index is 3.55. The number of hydrogen-bond donors (Lipinski definition) is 1. The van der Waals surface area contributed by atoms with Crippen molar-refractivity contribution in [3.05, 3.63) is 35.2 Å². The van der Waals surface area contributed by atoms with Gasteiger partial charge in [-0.2, -0.15) is 0 Å². The van der Waals surface area contributed by atoms with Gasteiger partial charge in [-0.05, 0) is 54.6 Å². The molecule has 1 aromatic heterocycles. The molecule has 0 saturated carbocycles. The van der Waals surface area contributed by atoms with Gasteiger partial charge in [0.2, 0.25) is 0 Å².